The predicted molar refractivity (Wildman–Crippen MR) is 81.3 cm³/mol. The molecule has 1 aromatic carbocycles. The number of hydrogen-bond acceptors (Lipinski definition) is 3. The van der Waals surface area contributed by atoms with E-state index in [0.717, 1.165) is 6.54 Å². The summed E-state index contributed by atoms with van der Waals surface area (Å²) in [6.07, 6.45) is 0. The standard InChI is InChI=1S/C13H18BrN3O3/c1-16(2)6-7-17(3)13(20)15-9-4-5-11(14)10(8-9)12(18)19/h4-5,8H,6-7H2,1-3H3,(H,15,20)(H,18,19). The van der Waals surface area contributed by atoms with Crippen LogP contribution in [0, 0.1) is 0 Å². The van der Waals surface area contributed by atoms with Gasteiger partial charge in [-0.15, -0.1) is 0 Å². The number of carboxylic acid groups (broad SMARTS) is 1. The first-order chi connectivity index (χ1) is 9.31. The molecule has 0 aliphatic heterocycles. The molecule has 20 heavy (non-hydrogen) atoms. The lowest BCUT2D eigenvalue weighted by molar-refractivity contribution is 0.0696. The number of carbonyl (C=O) groups is 2. The number of hydrogen-bond donors (Lipinski definition) is 2. The Labute approximate surface area is 126 Å². The van der Waals surface area contributed by atoms with Gasteiger partial charge in [0, 0.05) is 30.3 Å². The number of carbonyl (C=O) groups excluding carboxylic acids is 1. The van der Waals surface area contributed by atoms with Gasteiger partial charge in [0.2, 0.25) is 0 Å². The number of urea groups is 1. The Morgan fingerprint density at radius 2 is 1.90 bits per heavy atom. The molecule has 0 aliphatic rings. The van der Waals surface area contributed by atoms with Crippen LogP contribution >= 0.6 is 15.9 Å². The lowest BCUT2D eigenvalue weighted by Crippen LogP contribution is -2.36. The van der Waals surface area contributed by atoms with Crippen molar-refractivity contribution >= 4 is 33.6 Å². The molecule has 0 atom stereocenters. The molecule has 1 rings (SSSR count). The van der Waals surface area contributed by atoms with Gasteiger partial charge in [0.15, 0.2) is 0 Å². The van der Waals surface area contributed by atoms with Crippen molar-refractivity contribution in [3.05, 3.63) is 28.2 Å². The fraction of sp³-hybridized carbons (Fsp3) is 0.385. The lowest BCUT2D eigenvalue weighted by atomic mass is 10.2. The summed E-state index contributed by atoms with van der Waals surface area (Å²) >= 11 is 3.16. The highest BCUT2D eigenvalue weighted by molar-refractivity contribution is 9.10. The Bertz CT molecular complexity index is 506. The minimum atomic E-state index is -1.05. The van der Waals surface area contributed by atoms with E-state index in [1.165, 1.54) is 6.07 Å². The van der Waals surface area contributed by atoms with E-state index in [4.69, 9.17) is 5.11 Å². The minimum absolute atomic E-state index is 0.110. The van der Waals surface area contributed by atoms with Crippen LogP contribution in [0.1, 0.15) is 10.4 Å². The molecule has 6 nitrogen and oxygen atoms in total. The van der Waals surface area contributed by atoms with Crippen LogP contribution in [0.25, 0.3) is 0 Å². The largest absolute Gasteiger partial charge is 0.478 e. The minimum Gasteiger partial charge on any atom is -0.478 e. The highest BCUT2D eigenvalue weighted by atomic mass is 79.9. The van der Waals surface area contributed by atoms with Crippen LogP contribution in [0.4, 0.5) is 10.5 Å². The molecular weight excluding hydrogens is 326 g/mol. The summed E-state index contributed by atoms with van der Waals surface area (Å²) in [5, 5.41) is 11.7. The smallest absolute Gasteiger partial charge is 0.336 e. The van der Waals surface area contributed by atoms with Gasteiger partial charge in [0.05, 0.1) is 5.56 Å². The molecular formula is C13H18BrN3O3. The average Bonchev–Trinajstić information content (AvgIpc) is 2.37. The van der Waals surface area contributed by atoms with Gasteiger partial charge in [-0.1, -0.05) is 0 Å². The van der Waals surface area contributed by atoms with Gasteiger partial charge in [-0.3, -0.25) is 0 Å². The highest BCUT2D eigenvalue weighted by Crippen LogP contribution is 2.21. The number of carboxylic acids is 1. The van der Waals surface area contributed by atoms with E-state index in [1.807, 2.05) is 19.0 Å². The van der Waals surface area contributed by atoms with Crippen LogP contribution in [0.15, 0.2) is 22.7 Å². The molecule has 110 valence electrons. The normalized spacial score (nSPS) is 10.4. The van der Waals surface area contributed by atoms with E-state index in [9.17, 15) is 9.59 Å². The first-order valence-electron chi connectivity index (χ1n) is 6.01. The van der Waals surface area contributed by atoms with Crippen molar-refractivity contribution in [3.8, 4) is 0 Å². The molecule has 2 amide bonds. The Morgan fingerprint density at radius 1 is 1.25 bits per heavy atom. The van der Waals surface area contributed by atoms with Crippen LogP contribution < -0.4 is 5.32 Å². The SMILES string of the molecule is CN(C)CCN(C)C(=O)Nc1ccc(Br)c(C(=O)O)c1. The lowest BCUT2D eigenvalue weighted by Gasteiger charge is -2.20. The number of anilines is 1. The summed E-state index contributed by atoms with van der Waals surface area (Å²) in [4.78, 5) is 26.5. The number of nitrogens with zero attached hydrogens (tertiary/aromatic N) is 2. The van der Waals surface area contributed by atoms with Crippen LogP contribution in [-0.2, 0) is 0 Å². The van der Waals surface area contributed by atoms with E-state index in [-0.39, 0.29) is 11.6 Å². The fourth-order valence-electron chi connectivity index (χ4n) is 1.44. The fourth-order valence-corrected chi connectivity index (χ4v) is 1.85. The maximum Gasteiger partial charge on any atom is 0.336 e. The maximum absolute atomic E-state index is 11.9. The van der Waals surface area contributed by atoms with E-state index in [2.05, 4.69) is 21.2 Å². The summed E-state index contributed by atoms with van der Waals surface area (Å²) in [6.45, 7) is 1.34. The number of aromatic carboxylic acids is 1. The van der Waals surface area contributed by atoms with Gasteiger partial charge < -0.3 is 20.2 Å². The van der Waals surface area contributed by atoms with Crippen LogP contribution in [0.2, 0.25) is 0 Å². The third-order valence-corrected chi connectivity index (χ3v) is 3.37. The molecule has 0 aliphatic carbocycles. The summed E-state index contributed by atoms with van der Waals surface area (Å²) in [7, 11) is 5.55. The molecule has 0 aromatic heterocycles. The monoisotopic (exact) mass is 343 g/mol. The summed E-state index contributed by atoms with van der Waals surface area (Å²) < 4.78 is 0.476. The number of likely N-dealkylation sites (N-methyl/N-ethyl adjacent to an activating group) is 2. The molecule has 0 saturated carbocycles. The first-order valence-corrected chi connectivity index (χ1v) is 6.80. The number of rotatable bonds is 5. The van der Waals surface area contributed by atoms with Crippen LogP contribution in [0.5, 0.6) is 0 Å². The first kappa shape index (κ1) is 16.5. The summed E-state index contributed by atoms with van der Waals surface area (Å²) in [5.74, 6) is -1.05. The van der Waals surface area contributed by atoms with Crippen LogP contribution in [-0.4, -0.2) is 61.1 Å². The molecule has 1 aromatic rings. The highest BCUT2D eigenvalue weighted by Gasteiger charge is 2.12. The Hall–Kier alpha value is -1.60. The Morgan fingerprint density at radius 3 is 2.45 bits per heavy atom. The number of nitrogens with one attached hydrogen (secondary N) is 1. The molecule has 7 heteroatoms. The second kappa shape index (κ2) is 7.25. The average molecular weight is 344 g/mol. The van der Waals surface area contributed by atoms with E-state index in [0.29, 0.717) is 16.7 Å². The van der Waals surface area contributed by atoms with E-state index < -0.39 is 5.97 Å². The van der Waals surface area contributed by atoms with Gasteiger partial charge >= 0.3 is 12.0 Å². The summed E-state index contributed by atoms with van der Waals surface area (Å²) in [6, 6.07) is 4.39. The topological polar surface area (TPSA) is 72.9 Å². The zero-order valence-corrected chi connectivity index (χ0v) is 13.3. The number of benzene rings is 1. The van der Waals surface area contributed by atoms with Gasteiger partial charge in [0.25, 0.3) is 0 Å². The molecule has 0 radical (unpaired) electrons. The van der Waals surface area contributed by atoms with Crippen molar-refractivity contribution in [2.75, 3.05) is 39.5 Å². The molecule has 0 fully saturated rings. The van der Waals surface area contributed by atoms with Crippen molar-refractivity contribution in [1.82, 2.24) is 9.80 Å². The second-order valence-corrected chi connectivity index (χ2v) is 5.51. The molecule has 0 bridgehead atoms. The number of halogens is 1. The van der Waals surface area contributed by atoms with E-state index in [1.54, 1.807) is 24.1 Å². The predicted octanol–water partition coefficient (Wildman–Crippen LogP) is 2.17. The second-order valence-electron chi connectivity index (χ2n) is 4.65. The Balaban J connectivity index is 2.71. The summed E-state index contributed by atoms with van der Waals surface area (Å²) in [5.41, 5.74) is 0.561. The third-order valence-electron chi connectivity index (χ3n) is 2.68. The van der Waals surface area contributed by atoms with E-state index >= 15 is 0 Å². The molecule has 0 spiro atoms. The zero-order chi connectivity index (χ0) is 15.3. The van der Waals surface area contributed by atoms with Gasteiger partial charge in [0.1, 0.15) is 0 Å². The van der Waals surface area contributed by atoms with Crippen molar-refractivity contribution in [3.63, 3.8) is 0 Å². The maximum atomic E-state index is 11.9. The molecule has 2 N–H and O–H groups in total. The molecule has 0 saturated heterocycles. The van der Waals surface area contributed by atoms with Gasteiger partial charge in [-0.05, 0) is 48.2 Å². The number of amides is 2. The van der Waals surface area contributed by atoms with Crippen molar-refractivity contribution in [1.29, 1.82) is 0 Å². The van der Waals surface area contributed by atoms with Gasteiger partial charge in [-0.2, -0.15) is 0 Å². The van der Waals surface area contributed by atoms with Crippen molar-refractivity contribution in [2.24, 2.45) is 0 Å². The van der Waals surface area contributed by atoms with Gasteiger partial charge in [-0.25, -0.2) is 9.59 Å². The van der Waals surface area contributed by atoms with Crippen molar-refractivity contribution in [2.45, 2.75) is 0 Å². The molecule has 0 unspecified atom stereocenters. The Kier molecular flexibility index (Phi) is 5.97. The zero-order valence-electron chi connectivity index (χ0n) is 11.7. The quantitative estimate of drug-likeness (QED) is 0.859. The third kappa shape index (κ3) is 4.82. The van der Waals surface area contributed by atoms with Crippen molar-refractivity contribution < 1.29 is 14.7 Å². The molecule has 0 heterocycles. The van der Waals surface area contributed by atoms with Crippen LogP contribution in [0.3, 0.4) is 0 Å².